The molecule has 0 unspecified atom stereocenters. The van der Waals surface area contributed by atoms with Gasteiger partial charge in [0.2, 0.25) is 0 Å². The highest BCUT2D eigenvalue weighted by Gasteiger charge is 2.31. The quantitative estimate of drug-likeness (QED) is 0.312. The van der Waals surface area contributed by atoms with Gasteiger partial charge in [-0.15, -0.1) is 0 Å². The fourth-order valence-electron chi connectivity index (χ4n) is 5.77. The Balaban J connectivity index is 1.42. The summed E-state index contributed by atoms with van der Waals surface area (Å²) in [7, 11) is 0. The lowest BCUT2D eigenvalue weighted by Crippen LogP contribution is -2.25. The van der Waals surface area contributed by atoms with Crippen LogP contribution in [0.5, 0.6) is 0 Å². The molecule has 1 aromatic rings. The second-order valence-corrected chi connectivity index (χ2v) is 9.65. The van der Waals surface area contributed by atoms with Gasteiger partial charge in [0.1, 0.15) is 0 Å². The van der Waals surface area contributed by atoms with Crippen molar-refractivity contribution in [3.05, 3.63) is 35.4 Å². The van der Waals surface area contributed by atoms with Gasteiger partial charge in [0.15, 0.2) is 0 Å². The molecule has 1 aromatic carbocycles. The Bertz CT molecular complexity index is 589. The standard InChI is InChI=1S/C27H42O2/c1-3-5-6-20-29-27(28)26-18-16-25(17-19-26)24-14-12-23(13-15-24)22-10-8-21(7-4-2)9-11-22/h16-19,21-24H,3-15,20H2,1-2H3/t21-,22-,23-,24-. The molecule has 0 aromatic heterocycles. The van der Waals surface area contributed by atoms with E-state index in [9.17, 15) is 4.79 Å². The van der Waals surface area contributed by atoms with Crippen molar-refractivity contribution in [2.24, 2.45) is 17.8 Å². The predicted molar refractivity (Wildman–Crippen MR) is 121 cm³/mol. The number of hydrogen-bond acceptors (Lipinski definition) is 2. The van der Waals surface area contributed by atoms with E-state index in [1.807, 2.05) is 12.1 Å². The minimum atomic E-state index is -0.171. The van der Waals surface area contributed by atoms with Crippen LogP contribution < -0.4 is 0 Å². The normalized spacial score (nSPS) is 27.5. The lowest BCUT2D eigenvalue weighted by atomic mass is 9.68. The van der Waals surface area contributed by atoms with Crippen molar-refractivity contribution >= 4 is 5.97 Å². The van der Waals surface area contributed by atoms with Gasteiger partial charge >= 0.3 is 5.97 Å². The zero-order chi connectivity index (χ0) is 20.5. The van der Waals surface area contributed by atoms with Crippen LogP contribution >= 0.6 is 0 Å². The van der Waals surface area contributed by atoms with E-state index in [2.05, 4.69) is 26.0 Å². The van der Waals surface area contributed by atoms with E-state index in [0.29, 0.717) is 18.1 Å². The average Bonchev–Trinajstić information content (AvgIpc) is 2.78. The van der Waals surface area contributed by atoms with Gasteiger partial charge in [-0.1, -0.05) is 64.5 Å². The van der Waals surface area contributed by atoms with Gasteiger partial charge in [-0.05, 0) is 86.3 Å². The zero-order valence-corrected chi connectivity index (χ0v) is 18.8. The van der Waals surface area contributed by atoms with E-state index in [4.69, 9.17) is 4.74 Å². The molecule has 0 N–H and O–H groups in total. The smallest absolute Gasteiger partial charge is 0.338 e. The molecule has 2 fully saturated rings. The number of unbranched alkanes of at least 4 members (excludes halogenated alkanes) is 2. The summed E-state index contributed by atoms with van der Waals surface area (Å²) >= 11 is 0. The molecule has 0 saturated heterocycles. The number of carbonyl (C=O) groups is 1. The molecule has 0 bridgehead atoms. The van der Waals surface area contributed by atoms with E-state index in [-0.39, 0.29) is 5.97 Å². The van der Waals surface area contributed by atoms with Crippen LogP contribution in [0, 0.1) is 17.8 Å². The largest absolute Gasteiger partial charge is 0.462 e. The van der Waals surface area contributed by atoms with Gasteiger partial charge in [0, 0.05) is 0 Å². The van der Waals surface area contributed by atoms with Crippen LogP contribution in [0.4, 0.5) is 0 Å². The molecular formula is C27H42O2. The number of benzene rings is 1. The SMILES string of the molecule is CCCCCOC(=O)c1ccc([C@H]2CC[C@H]([C@H]3CC[C@H](CCC)CC3)CC2)cc1. The van der Waals surface area contributed by atoms with Crippen molar-refractivity contribution in [2.45, 2.75) is 103 Å². The first kappa shape index (κ1) is 22.4. The molecule has 3 rings (SSSR count). The highest BCUT2D eigenvalue weighted by molar-refractivity contribution is 5.89. The molecule has 0 spiro atoms. The van der Waals surface area contributed by atoms with Gasteiger partial charge in [0.05, 0.1) is 12.2 Å². The number of hydrogen-bond donors (Lipinski definition) is 0. The Kier molecular flexibility index (Phi) is 9.08. The van der Waals surface area contributed by atoms with Crippen molar-refractivity contribution < 1.29 is 9.53 Å². The molecule has 2 aliphatic carbocycles. The minimum absolute atomic E-state index is 0.171. The molecule has 0 amide bonds. The lowest BCUT2D eigenvalue weighted by molar-refractivity contribution is 0.0498. The van der Waals surface area contributed by atoms with Crippen LogP contribution in [0.15, 0.2) is 24.3 Å². The molecular weight excluding hydrogens is 356 g/mol. The Morgan fingerprint density at radius 2 is 1.45 bits per heavy atom. The zero-order valence-electron chi connectivity index (χ0n) is 18.8. The molecule has 162 valence electrons. The topological polar surface area (TPSA) is 26.3 Å². The monoisotopic (exact) mass is 398 g/mol. The van der Waals surface area contributed by atoms with Gasteiger partial charge in [-0.3, -0.25) is 0 Å². The van der Waals surface area contributed by atoms with Crippen LogP contribution in [0.25, 0.3) is 0 Å². The van der Waals surface area contributed by atoms with Gasteiger partial charge in [-0.25, -0.2) is 4.79 Å². The summed E-state index contributed by atoms with van der Waals surface area (Å²) in [6.07, 6.45) is 17.4. The van der Waals surface area contributed by atoms with Gasteiger partial charge in [-0.2, -0.15) is 0 Å². The van der Waals surface area contributed by atoms with E-state index in [1.165, 1.54) is 69.8 Å². The molecule has 2 nitrogen and oxygen atoms in total. The number of esters is 1. The molecule has 0 aliphatic heterocycles. The molecule has 2 heteroatoms. The van der Waals surface area contributed by atoms with Crippen LogP contribution in [0.3, 0.4) is 0 Å². The minimum Gasteiger partial charge on any atom is -0.462 e. The summed E-state index contributed by atoms with van der Waals surface area (Å²) in [6, 6.07) is 8.28. The van der Waals surface area contributed by atoms with Gasteiger partial charge in [0.25, 0.3) is 0 Å². The summed E-state index contributed by atoms with van der Waals surface area (Å²) in [5, 5.41) is 0. The maximum atomic E-state index is 12.2. The highest BCUT2D eigenvalue weighted by atomic mass is 16.5. The van der Waals surface area contributed by atoms with E-state index >= 15 is 0 Å². The van der Waals surface area contributed by atoms with E-state index in [1.54, 1.807) is 0 Å². The van der Waals surface area contributed by atoms with Crippen LogP contribution in [0.2, 0.25) is 0 Å². The van der Waals surface area contributed by atoms with Crippen LogP contribution in [0.1, 0.15) is 119 Å². The third kappa shape index (κ3) is 6.59. The first-order chi connectivity index (χ1) is 14.2. The number of rotatable bonds is 9. The second kappa shape index (κ2) is 11.8. The molecule has 0 atom stereocenters. The highest BCUT2D eigenvalue weighted by Crippen LogP contribution is 2.44. The molecule has 0 heterocycles. The van der Waals surface area contributed by atoms with Crippen LogP contribution in [-0.2, 0) is 4.74 Å². The number of ether oxygens (including phenoxy) is 1. The van der Waals surface area contributed by atoms with Gasteiger partial charge < -0.3 is 4.74 Å². The van der Waals surface area contributed by atoms with Crippen molar-refractivity contribution in [3.63, 3.8) is 0 Å². The summed E-state index contributed by atoms with van der Waals surface area (Å²) in [5.74, 6) is 3.48. The van der Waals surface area contributed by atoms with Crippen LogP contribution in [-0.4, -0.2) is 12.6 Å². The number of carbonyl (C=O) groups excluding carboxylic acids is 1. The van der Waals surface area contributed by atoms with Crippen molar-refractivity contribution in [1.82, 2.24) is 0 Å². The Labute approximate surface area is 178 Å². The van der Waals surface area contributed by atoms with E-state index in [0.717, 1.165) is 37.0 Å². The summed E-state index contributed by atoms with van der Waals surface area (Å²) in [5.41, 5.74) is 2.11. The third-order valence-corrected chi connectivity index (χ3v) is 7.63. The maximum absolute atomic E-state index is 12.2. The molecule has 2 aliphatic rings. The Morgan fingerprint density at radius 3 is 2.03 bits per heavy atom. The first-order valence-corrected chi connectivity index (χ1v) is 12.5. The molecule has 29 heavy (non-hydrogen) atoms. The Hall–Kier alpha value is -1.31. The third-order valence-electron chi connectivity index (χ3n) is 7.63. The molecule has 2 saturated carbocycles. The fourth-order valence-corrected chi connectivity index (χ4v) is 5.77. The average molecular weight is 399 g/mol. The molecule has 0 radical (unpaired) electrons. The lowest BCUT2D eigenvalue weighted by Gasteiger charge is -2.38. The first-order valence-electron chi connectivity index (χ1n) is 12.5. The summed E-state index contributed by atoms with van der Waals surface area (Å²) in [4.78, 5) is 12.2. The van der Waals surface area contributed by atoms with Crippen molar-refractivity contribution in [2.75, 3.05) is 6.61 Å². The maximum Gasteiger partial charge on any atom is 0.338 e. The fraction of sp³-hybridized carbons (Fsp3) is 0.741. The predicted octanol–water partition coefficient (Wildman–Crippen LogP) is 7.91. The van der Waals surface area contributed by atoms with Crippen molar-refractivity contribution in [1.29, 1.82) is 0 Å². The van der Waals surface area contributed by atoms with Crippen molar-refractivity contribution in [3.8, 4) is 0 Å². The second-order valence-electron chi connectivity index (χ2n) is 9.65. The summed E-state index contributed by atoms with van der Waals surface area (Å²) < 4.78 is 5.38. The Morgan fingerprint density at radius 1 is 0.828 bits per heavy atom. The summed E-state index contributed by atoms with van der Waals surface area (Å²) in [6.45, 7) is 5.03. The van der Waals surface area contributed by atoms with E-state index < -0.39 is 0 Å².